The summed E-state index contributed by atoms with van der Waals surface area (Å²) in [6, 6.07) is 0. The molecule has 138 valence electrons. The second kappa shape index (κ2) is 6.41. The molecule has 3 fully saturated rings. The number of carbonyl (C=O) groups is 1. The molecule has 3 aliphatic carbocycles. The molecule has 8 atom stereocenters. The molecule has 3 aliphatic rings. The lowest BCUT2D eigenvalue weighted by molar-refractivity contribution is -0.148. The fourth-order valence-corrected chi connectivity index (χ4v) is 7.35. The molecule has 0 aliphatic heterocycles. The summed E-state index contributed by atoms with van der Waals surface area (Å²) in [6.07, 6.45) is 9.47. The van der Waals surface area contributed by atoms with Gasteiger partial charge in [-0.1, -0.05) is 34.1 Å². The van der Waals surface area contributed by atoms with Crippen LogP contribution in [0.25, 0.3) is 0 Å². The number of ketones is 1. The molecule has 0 amide bonds. The normalized spacial score (nSPS) is 49.8. The van der Waals surface area contributed by atoms with E-state index in [1.165, 1.54) is 38.5 Å². The topological polar surface area (TPSA) is 37.3 Å². The molecule has 0 aromatic heterocycles. The summed E-state index contributed by atoms with van der Waals surface area (Å²) in [5, 5.41) is 10.1. The van der Waals surface area contributed by atoms with Crippen molar-refractivity contribution in [1.82, 2.24) is 0 Å². The predicted octanol–water partition coefficient (Wildman–Crippen LogP) is 5.23. The van der Waals surface area contributed by atoms with Gasteiger partial charge in [0.05, 0.1) is 6.10 Å². The molecule has 3 saturated carbocycles. The number of hydrogen-bond acceptors (Lipinski definition) is 2. The maximum absolute atomic E-state index is 12.2. The van der Waals surface area contributed by atoms with E-state index in [4.69, 9.17) is 0 Å². The van der Waals surface area contributed by atoms with E-state index in [0.29, 0.717) is 17.1 Å². The Labute approximate surface area is 148 Å². The maximum Gasteiger partial charge on any atom is 0.133 e. The van der Waals surface area contributed by atoms with Crippen LogP contribution in [-0.4, -0.2) is 17.0 Å². The molecular weight excluding hydrogens is 296 g/mol. The van der Waals surface area contributed by atoms with Gasteiger partial charge in [0.2, 0.25) is 0 Å². The SMILES string of the molecule is CCC1C2CCC3CC(O)CCC3(C)C2CCC1(C)C(C)C(C)=O. The molecule has 0 spiro atoms. The number of fused-ring (bicyclic) bond motifs is 3. The number of Topliss-reactive ketones (excluding diaryl/α,β-unsaturated/α-hetero) is 1. The van der Waals surface area contributed by atoms with E-state index >= 15 is 0 Å². The molecule has 0 saturated heterocycles. The van der Waals surface area contributed by atoms with Crippen LogP contribution in [0.5, 0.6) is 0 Å². The van der Waals surface area contributed by atoms with Crippen LogP contribution < -0.4 is 0 Å². The van der Waals surface area contributed by atoms with Crippen LogP contribution in [0.2, 0.25) is 0 Å². The minimum Gasteiger partial charge on any atom is -0.393 e. The molecule has 0 bridgehead atoms. The van der Waals surface area contributed by atoms with Gasteiger partial charge in [-0.2, -0.15) is 0 Å². The monoisotopic (exact) mass is 334 g/mol. The maximum atomic E-state index is 12.2. The average Bonchev–Trinajstić information content (AvgIpc) is 2.54. The van der Waals surface area contributed by atoms with Crippen LogP contribution in [0, 0.1) is 40.4 Å². The standard InChI is InChI=1S/C22H38O2/c1-6-19-18-8-7-16-13-17(24)9-11-22(16,5)20(18)10-12-21(19,4)14(2)15(3)23/h14,16-20,24H,6-13H2,1-5H3. The lowest BCUT2D eigenvalue weighted by atomic mass is 9.43. The Morgan fingerprint density at radius 1 is 1.17 bits per heavy atom. The number of rotatable bonds is 3. The van der Waals surface area contributed by atoms with Crippen LogP contribution in [0.4, 0.5) is 0 Å². The third-order valence-corrected chi connectivity index (χ3v) is 9.11. The van der Waals surface area contributed by atoms with Gasteiger partial charge in [-0.3, -0.25) is 4.79 Å². The van der Waals surface area contributed by atoms with Gasteiger partial charge < -0.3 is 5.11 Å². The van der Waals surface area contributed by atoms with Crippen LogP contribution >= 0.6 is 0 Å². The zero-order valence-electron chi connectivity index (χ0n) is 16.5. The van der Waals surface area contributed by atoms with Gasteiger partial charge in [-0.05, 0) is 86.4 Å². The molecule has 0 radical (unpaired) electrons. The van der Waals surface area contributed by atoms with E-state index in [-0.39, 0.29) is 17.4 Å². The van der Waals surface area contributed by atoms with Crippen molar-refractivity contribution in [2.75, 3.05) is 0 Å². The van der Waals surface area contributed by atoms with E-state index in [2.05, 4.69) is 27.7 Å². The van der Waals surface area contributed by atoms with E-state index in [9.17, 15) is 9.90 Å². The van der Waals surface area contributed by atoms with Crippen molar-refractivity contribution in [2.45, 2.75) is 92.1 Å². The molecule has 0 aromatic rings. The zero-order chi connectivity index (χ0) is 17.7. The summed E-state index contributed by atoms with van der Waals surface area (Å²) < 4.78 is 0. The molecule has 3 rings (SSSR count). The number of aliphatic hydroxyl groups excluding tert-OH is 1. The molecule has 2 nitrogen and oxygen atoms in total. The Bertz CT molecular complexity index is 486. The first kappa shape index (κ1) is 18.4. The molecule has 2 heteroatoms. The van der Waals surface area contributed by atoms with Crippen molar-refractivity contribution < 1.29 is 9.90 Å². The van der Waals surface area contributed by atoms with Crippen molar-refractivity contribution in [3.05, 3.63) is 0 Å². The lowest BCUT2D eigenvalue weighted by Gasteiger charge is -2.62. The van der Waals surface area contributed by atoms with Gasteiger partial charge in [-0.25, -0.2) is 0 Å². The quantitative estimate of drug-likeness (QED) is 0.767. The summed E-state index contributed by atoms with van der Waals surface area (Å²) in [7, 11) is 0. The van der Waals surface area contributed by atoms with Crippen LogP contribution in [0.15, 0.2) is 0 Å². The highest BCUT2D eigenvalue weighted by Crippen LogP contribution is 2.64. The second-order valence-electron chi connectivity index (χ2n) is 9.87. The molecule has 8 unspecified atom stereocenters. The Morgan fingerprint density at radius 3 is 2.50 bits per heavy atom. The van der Waals surface area contributed by atoms with E-state index in [1.54, 1.807) is 6.92 Å². The van der Waals surface area contributed by atoms with Crippen LogP contribution in [0.1, 0.15) is 86.0 Å². The molecule has 24 heavy (non-hydrogen) atoms. The summed E-state index contributed by atoms with van der Waals surface area (Å²) in [4.78, 5) is 12.2. The van der Waals surface area contributed by atoms with E-state index in [1.807, 2.05) is 0 Å². The van der Waals surface area contributed by atoms with Crippen molar-refractivity contribution in [1.29, 1.82) is 0 Å². The smallest absolute Gasteiger partial charge is 0.133 e. The Hall–Kier alpha value is -0.370. The Kier molecular flexibility index (Phi) is 4.92. The number of hydrogen-bond donors (Lipinski definition) is 1. The zero-order valence-corrected chi connectivity index (χ0v) is 16.5. The molecule has 0 heterocycles. The highest BCUT2D eigenvalue weighted by Gasteiger charge is 2.57. The minimum atomic E-state index is -0.0619. The highest BCUT2D eigenvalue weighted by atomic mass is 16.3. The van der Waals surface area contributed by atoms with Crippen molar-refractivity contribution in [2.24, 2.45) is 40.4 Å². The first-order chi connectivity index (χ1) is 11.2. The van der Waals surface area contributed by atoms with Crippen LogP contribution in [-0.2, 0) is 4.79 Å². The van der Waals surface area contributed by atoms with Gasteiger partial charge >= 0.3 is 0 Å². The third-order valence-electron chi connectivity index (χ3n) is 9.11. The highest BCUT2D eigenvalue weighted by molar-refractivity contribution is 5.78. The summed E-state index contributed by atoms with van der Waals surface area (Å²) in [6.45, 7) is 11.2. The lowest BCUT2D eigenvalue weighted by Crippen LogP contribution is -2.55. The van der Waals surface area contributed by atoms with Gasteiger partial charge in [0.25, 0.3) is 0 Å². The minimum absolute atomic E-state index is 0.0619. The molecule has 0 aromatic carbocycles. The van der Waals surface area contributed by atoms with Gasteiger partial charge in [0.15, 0.2) is 0 Å². The summed E-state index contributed by atoms with van der Waals surface area (Å²) >= 11 is 0. The van der Waals surface area contributed by atoms with Crippen molar-refractivity contribution >= 4 is 5.78 Å². The van der Waals surface area contributed by atoms with Gasteiger partial charge in [-0.15, -0.1) is 0 Å². The van der Waals surface area contributed by atoms with Crippen LogP contribution in [0.3, 0.4) is 0 Å². The third kappa shape index (κ3) is 2.68. The van der Waals surface area contributed by atoms with E-state index < -0.39 is 0 Å². The van der Waals surface area contributed by atoms with Gasteiger partial charge in [0, 0.05) is 5.92 Å². The predicted molar refractivity (Wildman–Crippen MR) is 98.6 cm³/mol. The summed E-state index contributed by atoms with van der Waals surface area (Å²) in [5.74, 6) is 3.54. The van der Waals surface area contributed by atoms with Gasteiger partial charge in [0.1, 0.15) is 5.78 Å². The van der Waals surface area contributed by atoms with Crippen molar-refractivity contribution in [3.8, 4) is 0 Å². The second-order valence-corrected chi connectivity index (χ2v) is 9.87. The number of carbonyl (C=O) groups excluding carboxylic acids is 1. The molecular formula is C22H38O2. The fraction of sp³-hybridized carbons (Fsp3) is 0.955. The Balaban J connectivity index is 1.88. The first-order valence-electron chi connectivity index (χ1n) is 10.4. The fourth-order valence-electron chi connectivity index (χ4n) is 7.35. The Morgan fingerprint density at radius 2 is 1.88 bits per heavy atom. The van der Waals surface area contributed by atoms with Crippen molar-refractivity contribution in [3.63, 3.8) is 0 Å². The first-order valence-corrected chi connectivity index (χ1v) is 10.4. The van der Waals surface area contributed by atoms with E-state index in [0.717, 1.165) is 30.6 Å². The largest absolute Gasteiger partial charge is 0.393 e. The summed E-state index contributed by atoms with van der Waals surface area (Å²) in [5.41, 5.74) is 0.607. The number of aliphatic hydroxyl groups is 1. The average molecular weight is 335 g/mol. The molecule has 1 N–H and O–H groups in total.